The van der Waals surface area contributed by atoms with E-state index >= 15 is 0 Å². The summed E-state index contributed by atoms with van der Waals surface area (Å²) in [6.07, 6.45) is 4.07. The van der Waals surface area contributed by atoms with Gasteiger partial charge in [-0.15, -0.1) is 0 Å². The van der Waals surface area contributed by atoms with E-state index in [0.29, 0.717) is 6.04 Å². The Morgan fingerprint density at radius 1 is 1.41 bits per heavy atom. The van der Waals surface area contributed by atoms with Gasteiger partial charge in [0.1, 0.15) is 11.5 Å². The highest BCUT2D eigenvalue weighted by Crippen LogP contribution is 2.16. The number of furan rings is 1. The number of piperidine rings is 1. The first kappa shape index (κ1) is 12.7. The Labute approximate surface area is 104 Å². The van der Waals surface area contributed by atoms with Gasteiger partial charge >= 0.3 is 0 Å². The molecule has 1 aliphatic rings. The van der Waals surface area contributed by atoms with Crippen molar-refractivity contribution >= 4 is 0 Å². The normalized spacial score (nSPS) is 21.9. The summed E-state index contributed by atoms with van der Waals surface area (Å²) < 4.78 is 5.55. The molecule has 1 N–H and O–H groups in total. The standard InChI is InChI=1S/C14H24N2O/c1-3-16-9-5-4-6-13(16)10-15-11-14-8-7-12(2)17-14/h7-8,13,15H,3-6,9-11H2,1-2H3. The summed E-state index contributed by atoms with van der Waals surface area (Å²) in [6, 6.07) is 4.79. The fourth-order valence-electron chi connectivity index (χ4n) is 2.65. The van der Waals surface area contributed by atoms with Crippen molar-refractivity contribution < 1.29 is 4.42 Å². The van der Waals surface area contributed by atoms with Gasteiger partial charge in [0.2, 0.25) is 0 Å². The van der Waals surface area contributed by atoms with Crippen molar-refractivity contribution in [3.8, 4) is 0 Å². The molecule has 1 atom stereocenters. The molecule has 3 nitrogen and oxygen atoms in total. The van der Waals surface area contributed by atoms with Crippen LogP contribution >= 0.6 is 0 Å². The number of nitrogens with one attached hydrogen (secondary N) is 1. The second kappa shape index (κ2) is 6.22. The molecule has 1 aliphatic heterocycles. The molecule has 0 saturated carbocycles. The van der Waals surface area contributed by atoms with Crippen molar-refractivity contribution in [1.29, 1.82) is 0 Å². The molecule has 0 aromatic carbocycles. The van der Waals surface area contributed by atoms with Gasteiger partial charge in [-0.1, -0.05) is 13.3 Å². The van der Waals surface area contributed by atoms with E-state index < -0.39 is 0 Å². The zero-order chi connectivity index (χ0) is 12.1. The fraction of sp³-hybridized carbons (Fsp3) is 0.714. The Balaban J connectivity index is 1.73. The van der Waals surface area contributed by atoms with Crippen LogP contribution in [0.1, 0.15) is 37.7 Å². The molecule has 1 aromatic heterocycles. The quantitative estimate of drug-likeness (QED) is 0.851. The van der Waals surface area contributed by atoms with Gasteiger partial charge in [-0.2, -0.15) is 0 Å². The van der Waals surface area contributed by atoms with Gasteiger partial charge in [0.15, 0.2) is 0 Å². The van der Waals surface area contributed by atoms with Crippen molar-refractivity contribution in [2.45, 2.75) is 45.7 Å². The number of rotatable bonds is 5. The molecular weight excluding hydrogens is 212 g/mol. The Kier molecular flexibility index (Phi) is 4.63. The van der Waals surface area contributed by atoms with E-state index in [1.54, 1.807) is 0 Å². The first-order valence-electron chi connectivity index (χ1n) is 6.79. The Bertz CT molecular complexity index is 335. The van der Waals surface area contributed by atoms with Gasteiger partial charge in [0.25, 0.3) is 0 Å². The second-order valence-electron chi connectivity index (χ2n) is 4.92. The van der Waals surface area contributed by atoms with Crippen LogP contribution < -0.4 is 5.32 Å². The molecule has 1 fully saturated rings. The van der Waals surface area contributed by atoms with Crippen molar-refractivity contribution in [2.75, 3.05) is 19.6 Å². The Morgan fingerprint density at radius 3 is 3.00 bits per heavy atom. The number of likely N-dealkylation sites (N-methyl/N-ethyl adjacent to an activating group) is 1. The lowest BCUT2D eigenvalue weighted by atomic mass is 10.0. The number of hydrogen-bond acceptors (Lipinski definition) is 3. The highest BCUT2D eigenvalue weighted by Gasteiger charge is 2.20. The Morgan fingerprint density at radius 2 is 2.29 bits per heavy atom. The maximum Gasteiger partial charge on any atom is 0.117 e. The molecule has 1 saturated heterocycles. The van der Waals surface area contributed by atoms with Gasteiger partial charge < -0.3 is 9.73 Å². The summed E-state index contributed by atoms with van der Waals surface area (Å²) in [5.41, 5.74) is 0. The number of nitrogens with zero attached hydrogens (tertiary/aromatic N) is 1. The first-order valence-corrected chi connectivity index (χ1v) is 6.79. The molecule has 0 bridgehead atoms. The molecule has 17 heavy (non-hydrogen) atoms. The van der Waals surface area contributed by atoms with Crippen LogP contribution in [0.4, 0.5) is 0 Å². The summed E-state index contributed by atoms with van der Waals surface area (Å²) in [7, 11) is 0. The van der Waals surface area contributed by atoms with Gasteiger partial charge in [-0.3, -0.25) is 4.90 Å². The van der Waals surface area contributed by atoms with E-state index in [1.165, 1.54) is 32.4 Å². The molecule has 0 spiro atoms. The number of aryl methyl sites for hydroxylation is 1. The zero-order valence-corrected chi connectivity index (χ0v) is 11.0. The maximum absolute atomic E-state index is 5.55. The maximum atomic E-state index is 5.55. The van der Waals surface area contributed by atoms with Crippen LogP contribution in [0.3, 0.4) is 0 Å². The van der Waals surface area contributed by atoms with E-state index in [4.69, 9.17) is 4.42 Å². The predicted molar refractivity (Wildman–Crippen MR) is 70.0 cm³/mol. The van der Waals surface area contributed by atoms with Crippen LogP contribution in [0, 0.1) is 6.92 Å². The topological polar surface area (TPSA) is 28.4 Å². The fourth-order valence-corrected chi connectivity index (χ4v) is 2.65. The lowest BCUT2D eigenvalue weighted by Gasteiger charge is -2.34. The third kappa shape index (κ3) is 3.58. The van der Waals surface area contributed by atoms with Crippen LogP contribution in [0.5, 0.6) is 0 Å². The second-order valence-corrected chi connectivity index (χ2v) is 4.92. The average molecular weight is 236 g/mol. The number of likely N-dealkylation sites (tertiary alicyclic amines) is 1. The van der Waals surface area contributed by atoms with Crippen molar-refractivity contribution in [1.82, 2.24) is 10.2 Å². The van der Waals surface area contributed by atoms with Crippen LogP contribution in [-0.4, -0.2) is 30.6 Å². The summed E-state index contributed by atoms with van der Waals surface area (Å²) in [5, 5.41) is 3.51. The summed E-state index contributed by atoms with van der Waals surface area (Å²) >= 11 is 0. The molecule has 96 valence electrons. The van der Waals surface area contributed by atoms with Crippen molar-refractivity contribution in [3.05, 3.63) is 23.7 Å². The Hall–Kier alpha value is -0.800. The van der Waals surface area contributed by atoms with Gasteiger partial charge in [0.05, 0.1) is 6.54 Å². The monoisotopic (exact) mass is 236 g/mol. The minimum atomic E-state index is 0.713. The van der Waals surface area contributed by atoms with Crippen LogP contribution in [-0.2, 0) is 6.54 Å². The van der Waals surface area contributed by atoms with E-state index in [9.17, 15) is 0 Å². The van der Waals surface area contributed by atoms with E-state index in [2.05, 4.69) is 23.2 Å². The van der Waals surface area contributed by atoms with Crippen molar-refractivity contribution in [2.24, 2.45) is 0 Å². The predicted octanol–water partition coefficient (Wildman–Crippen LogP) is 2.55. The highest BCUT2D eigenvalue weighted by atomic mass is 16.3. The van der Waals surface area contributed by atoms with E-state index in [-0.39, 0.29) is 0 Å². The molecule has 1 unspecified atom stereocenters. The van der Waals surface area contributed by atoms with E-state index in [1.807, 2.05) is 13.0 Å². The SMILES string of the molecule is CCN1CCCCC1CNCc1ccc(C)o1. The lowest BCUT2D eigenvalue weighted by molar-refractivity contribution is 0.152. The highest BCUT2D eigenvalue weighted by molar-refractivity contribution is 5.05. The largest absolute Gasteiger partial charge is 0.465 e. The third-order valence-electron chi connectivity index (χ3n) is 3.63. The number of hydrogen-bond donors (Lipinski definition) is 1. The van der Waals surface area contributed by atoms with Crippen LogP contribution in [0.2, 0.25) is 0 Å². The minimum absolute atomic E-state index is 0.713. The lowest BCUT2D eigenvalue weighted by Crippen LogP contribution is -2.45. The molecule has 2 rings (SSSR count). The molecule has 0 amide bonds. The average Bonchev–Trinajstić information content (AvgIpc) is 2.76. The third-order valence-corrected chi connectivity index (χ3v) is 3.63. The minimum Gasteiger partial charge on any atom is -0.465 e. The van der Waals surface area contributed by atoms with Crippen molar-refractivity contribution in [3.63, 3.8) is 0 Å². The summed E-state index contributed by atoms with van der Waals surface area (Å²) in [5.74, 6) is 2.04. The molecule has 1 aromatic rings. The summed E-state index contributed by atoms with van der Waals surface area (Å²) in [4.78, 5) is 2.59. The summed E-state index contributed by atoms with van der Waals surface area (Å²) in [6.45, 7) is 8.61. The molecule has 3 heteroatoms. The smallest absolute Gasteiger partial charge is 0.117 e. The first-order chi connectivity index (χ1) is 8.29. The molecular formula is C14H24N2O. The van der Waals surface area contributed by atoms with Gasteiger partial charge in [-0.25, -0.2) is 0 Å². The molecule has 0 aliphatic carbocycles. The van der Waals surface area contributed by atoms with Crippen LogP contribution in [0.25, 0.3) is 0 Å². The molecule has 2 heterocycles. The zero-order valence-electron chi connectivity index (χ0n) is 11.0. The molecule has 0 radical (unpaired) electrons. The van der Waals surface area contributed by atoms with Gasteiger partial charge in [-0.05, 0) is 45.0 Å². The van der Waals surface area contributed by atoms with E-state index in [0.717, 1.165) is 24.6 Å². The van der Waals surface area contributed by atoms with Crippen LogP contribution in [0.15, 0.2) is 16.5 Å². The van der Waals surface area contributed by atoms with Gasteiger partial charge in [0, 0.05) is 12.6 Å².